The van der Waals surface area contributed by atoms with Gasteiger partial charge in [-0.2, -0.15) is 0 Å². The molecule has 48 heavy (non-hydrogen) atoms. The second kappa shape index (κ2) is 14.6. The first-order chi connectivity index (χ1) is 23.7. The molecule has 6 nitrogen and oxygen atoms in total. The Hall–Kier alpha value is -6.66. The van der Waals surface area contributed by atoms with Gasteiger partial charge in [-0.05, 0) is 146 Å². The van der Waals surface area contributed by atoms with Gasteiger partial charge in [0.05, 0.1) is 68.4 Å². The summed E-state index contributed by atoms with van der Waals surface area (Å²) in [6.07, 6.45) is 23.7. The minimum absolute atomic E-state index is 0.855. The molecule has 3 aliphatic carbocycles. The van der Waals surface area contributed by atoms with E-state index in [9.17, 15) is 0 Å². The standard InChI is InChI=1S/C42H30N6/c1-3-7-31(8-4-1)43-33-11-15-35(16-12-33)45-37-19-23-39(24-20-37)47-41-27-29-42(30-28-41)48-40-25-21-38(22-26-40)46-36-17-13-34(14-18-36)44-32-9-5-2-6-10-32/h1-30H. The Morgan fingerprint density at radius 3 is 0.542 bits per heavy atom. The Bertz CT molecular complexity index is 1960. The minimum atomic E-state index is 0.855. The van der Waals surface area contributed by atoms with E-state index in [1.54, 1.807) is 0 Å². The van der Waals surface area contributed by atoms with Gasteiger partial charge in [0, 0.05) is 0 Å². The van der Waals surface area contributed by atoms with Crippen molar-refractivity contribution < 1.29 is 0 Å². The van der Waals surface area contributed by atoms with Gasteiger partial charge in [0.2, 0.25) is 0 Å². The van der Waals surface area contributed by atoms with E-state index >= 15 is 0 Å². The Balaban J connectivity index is 0.932. The third kappa shape index (κ3) is 8.33. The van der Waals surface area contributed by atoms with Crippen LogP contribution in [-0.4, -0.2) is 34.3 Å². The van der Waals surface area contributed by atoms with E-state index in [0.29, 0.717) is 0 Å². The van der Waals surface area contributed by atoms with Crippen LogP contribution in [0.3, 0.4) is 0 Å². The van der Waals surface area contributed by atoms with Crippen LogP contribution in [0.5, 0.6) is 0 Å². The van der Waals surface area contributed by atoms with Crippen LogP contribution in [-0.2, 0) is 0 Å². The fourth-order valence-corrected chi connectivity index (χ4v) is 4.91. The third-order valence-corrected chi connectivity index (χ3v) is 7.31. The molecular weight excluding hydrogens is 589 g/mol. The lowest BCUT2D eigenvalue weighted by atomic mass is 10.1. The number of allylic oxidation sites excluding steroid dienone is 12. The summed E-state index contributed by atoms with van der Waals surface area (Å²) in [6.45, 7) is 0. The van der Waals surface area contributed by atoms with Gasteiger partial charge < -0.3 is 0 Å². The average molecular weight is 619 g/mol. The molecule has 0 atom stereocenters. The topological polar surface area (TPSA) is 74.2 Å². The Labute approximate surface area is 279 Å². The summed E-state index contributed by atoms with van der Waals surface area (Å²) in [4.78, 5) is 28.2. The molecule has 0 amide bonds. The molecule has 0 bridgehead atoms. The number of para-hydroxylation sites is 2. The van der Waals surface area contributed by atoms with E-state index in [4.69, 9.17) is 20.0 Å². The zero-order valence-corrected chi connectivity index (χ0v) is 26.0. The molecule has 7 rings (SSSR count). The van der Waals surface area contributed by atoms with Gasteiger partial charge in [0.15, 0.2) is 0 Å². The highest BCUT2D eigenvalue weighted by atomic mass is 14.8. The predicted molar refractivity (Wildman–Crippen MR) is 203 cm³/mol. The molecule has 4 aromatic carbocycles. The van der Waals surface area contributed by atoms with Crippen LogP contribution >= 0.6 is 0 Å². The number of hydrogen-bond donors (Lipinski definition) is 0. The van der Waals surface area contributed by atoms with Gasteiger partial charge in [-0.1, -0.05) is 36.4 Å². The second-order valence-electron chi connectivity index (χ2n) is 10.9. The minimum Gasteiger partial charge on any atom is -0.249 e. The molecule has 3 aliphatic rings. The van der Waals surface area contributed by atoms with E-state index in [2.05, 4.69) is 9.98 Å². The highest BCUT2D eigenvalue weighted by molar-refractivity contribution is 6.21. The molecule has 0 heterocycles. The van der Waals surface area contributed by atoms with Crippen LogP contribution in [0.15, 0.2) is 212 Å². The lowest BCUT2D eigenvalue weighted by Gasteiger charge is -2.05. The van der Waals surface area contributed by atoms with Crippen LogP contribution in [0.25, 0.3) is 0 Å². The fraction of sp³-hybridized carbons (Fsp3) is 0. The van der Waals surface area contributed by atoms with Gasteiger partial charge in [0.25, 0.3) is 0 Å². The van der Waals surface area contributed by atoms with E-state index in [1.807, 2.05) is 182 Å². The zero-order chi connectivity index (χ0) is 32.4. The molecule has 0 saturated heterocycles. The quantitative estimate of drug-likeness (QED) is 0.193. The SMILES string of the molecule is C1=CC(=Nc2ccc(N=C3C=CC(=Nc4ccc(N=C5C=CC(=Nc6ccccc6)C=C5)cc4)C=C3)cc2)C=CC1=Nc1ccccc1. The normalized spacial score (nSPS) is 14.8. The van der Waals surface area contributed by atoms with Gasteiger partial charge in [-0.3, -0.25) is 0 Å². The van der Waals surface area contributed by atoms with Crippen LogP contribution in [0.4, 0.5) is 34.1 Å². The number of aliphatic imine (C=N–C) groups is 6. The molecule has 0 fully saturated rings. The molecule has 6 heteroatoms. The van der Waals surface area contributed by atoms with Crippen molar-refractivity contribution in [3.63, 3.8) is 0 Å². The van der Waals surface area contributed by atoms with E-state index < -0.39 is 0 Å². The average Bonchev–Trinajstić information content (AvgIpc) is 3.13. The smallest absolute Gasteiger partial charge is 0.0638 e. The van der Waals surface area contributed by atoms with E-state index in [-0.39, 0.29) is 0 Å². The van der Waals surface area contributed by atoms with Gasteiger partial charge >= 0.3 is 0 Å². The maximum absolute atomic E-state index is 4.75. The molecule has 4 aromatic rings. The summed E-state index contributed by atoms with van der Waals surface area (Å²) in [5.41, 5.74) is 10.5. The lowest BCUT2D eigenvalue weighted by molar-refractivity contribution is 1.46. The number of hydrogen-bond acceptors (Lipinski definition) is 6. The Kier molecular flexibility index (Phi) is 9.15. The molecule has 0 unspecified atom stereocenters. The second-order valence-corrected chi connectivity index (χ2v) is 10.9. The molecule has 0 aliphatic heterocycles. The fourth-order valence-electron chi connectivity index (χ4n) is 4.91. The highest BCUT2D eigenvalue weighted by Gasteiger charge is 2.04. The van der Waals surface area contributed by atoms with Crippen molar-refractivity contribution in [1.82, 2.24) is 0 Å². The van der Waals surface area contributed by atoms with E-state index in [0.717, 1.165) is 68.4 Å². The maximum atomic E-state index is 4.75. The molecule has 0 N–H and O–H groups in total. The number of benzene rings is 4. The summed E-state index contributed by atoms with van der Waals surface area (Å²) in [6, 6.07) is 35.6. The van der Waals surface area contributed by atoms with Gasteiger partial charge in [0.1, 0.15) is 0 Å². The molecule has 0 radical (unpaired) electrons. The monoisotopic (exact) mass is 618 g/mol. The van der Waals surface area contributed by atoms with Crippen molar-refractivity contribution in [3.8, 4) is 0 Å². The van der Waals surface area contributed by atoms with Gasteiger partial charge in [-0.15, -0.1) is 0 Å². The number of nitrogens with zero attached hydrogens (tertiary/aromatic N) is 6. The zero-order valence-electron chi connectivity index (χ0n) is 26.0. The largest absolute Gasteiger partial charge is 0.249 e. The summed E-state index contributed by atoms with van der Waals surface area (Å²) in [7, 11) is 0. The maximum Gasteiger partial charge on any atom is 0.0638 e. The molecule has 0 spiro atoms. The third-order valence-electron chi connectivity index (χ3n) is 7.31. The summed E-state index contributed by atoms with van der Waals surface area (Å²) >= 11 is 0. The molecule has 228 valence electrons. The van der Waals surface area contributed by atoms with E-state index in [1.165, 1.54) is 0 Å². The summed E-state index contributed by atoms with van der Waals surface area (Å²) < 4.78 is 0. The first-order valence-electron chi connectivity index (χ1n) is 15.6. The summed E-state index contributed by atoms with van der Waals surface area (Å²) in [5.74, 6) is 0. The van der Waals surface area contributed by atoms with Gasteiger partial charge in [-0.25, -0.2) is 30.0 Å². The lowest BCUT2D eigenvalue weighted by Crippen LogP contribution is -1.99. The Morgan fingerprint density at radius 2 is 0.354 bits per heavy atom. The van der Waals surface area contributed by atoms with Crippen LogP contribution < -0.4 is 0 Å². The first kappa shape index (κ1) is 30.0. The molecule has 0 aromatic heterocycles. The molecular formula is C42H30N6. The highest BCUT2D eigenvalue weighted by Crippen LogP contribution is 2.23. The van der Waals surface area contributed by atoms with Crippen molar-refractivity contribution in [2.24, 2.45) is 30.0 Å². The van der Waals surface area contributed by atoms with Crippen molar-refractivity contribution in [2.45, 2.75) is 0 Å². The predicted octanol–water partition coefficient (Wildman–Crippen LogP) is 10.6. The van der Waals surface area contributed by atoms with Crippen molar-refractivity contribution in [1.29, 1.82) is 0 Å². The Morgan fingerprint density at radius 1 is 0.188 bits per heavy atom. The van der Waals surface area contributed by atoms with Crippen molar-refractivity contribution >= 4 is 68.4 Å². The van der Waals surface area contributed by atoms with Crippen LogP contribution in [0, 0.1) is 0 Å². The molecule has 0 saturated carbocycles. The summed E-state index contributed by atoms with van der Waals surface area (Å²) in [5, 5.41) is 0. The van der Waals surface area contributed by atoms with Crippen molar-refractivity contribution in [3.05, 3.63) is 182 Å². The van der Waals surface area contributed by atoms with Crippen LogP contribution in [0.1, 0.15) is 0 Å². The first-order valence-corrected chi connectivity index (χ1v) is 15.6. The van der Waals surface area contributed by atoms with Crippen molar-refractivity contribution in [2.75, 3.05) is 0 Å². The van der Waals surface area contributed by atoms with Crippen LogP contribution in [0.2, 0.25) is 0 Å². The number of rotatable bonds is 6.